The Hall–Kier alpha value is -1.61. The highest BCUT2D eigenvalue weighted by molar-refractivity contribution is 5.32. The average molecular weight is 258 g/mol. The summed E-state index contributed by atoms with van der Waals surface area (Å²) in [5.74, 6) is 0. The van der Waals surface area contributed by atoms with E-state index in [1.165, 1.54) is 5.56 Å². The molecule has 0 aliphatic carbocycles. The molecule has 1 unspecified atom stereocenters. The lowest BCUT2D eigenvalue weighted by Gasteiger charge is -2.19. The van der Waals surface area contributed by atoms with Crippen molar-refractivity contribution in [1.29, 1.82) is 0 Å². The van der Waals surface area contributed by atoms with Crippen LogP contribution >= 0.6 is 0 Å². The second-order valence-electron chi connectivity index (χ2n) is 5.90. The van der Waals surface area contributed by atoms with Gasteiger partial charge >= 0.3 is 0 Å². The van der Waals surface area contributed by atoms with Crippen LogP contribution in [-0.4, -0.2) is 14.9 Å². The van der Waals surface area contributed by atoms with Crippen LogP contribution in [0.15, 0.2) is 36.7 Å². The lowest BCUT2D eigenvalue weighted by molar-refractivity contribution is 0.220. The normalized spacial score (nSPS) is 13.5. The van der Waals surface area contributed by atoms with Gasteiger partial charge in [0.25, 0.3) is 0 Å². The standard InChI is InChI=1S/C16H22N2O/c1-5-18-11-13(10-17-18)15(19)12-6-8-14(9-7-12)16(2,3)4/h6-11,15,19H,5H2,1-4H3. The summed E-state index contributed by atoms with van der Waals surface area (Å²) >= 11 is 0. The van der Waals surface area contributed by atoms with Crippen LogP contribution in [0.5, 0.6) is 0 Å². The highest BCUT2D eigenvalue weighted by Gasteiger charge is 2.16. The summed E-state index contributed by atoms with van der Waals surface area (Å²) in [6.07, 6.45) is 3.02. The minimum Gasteiger partial charge on any atom is -0.384 e. The molecular formula is C16H22N2O. The van der Waals surface area contributed by atoms with E-state index in [1.54, 1.807) is 6.20 Å². The highest BCUT2D eigenvalue weighted by atomic mass is 16.3. The molecule has 1 atom stereocenters. The summed E-state index contributed by atoms with van der Waals surface area (Å²) in [6, 6.07) is 8.16. The molecule has 0 radical (unpaired) electrons. The predicted molar refractivity (Wildman–Crippen MR) is 77.1 cm³/mol. The van der Waals surface area contributed by atoms with Crippen molar-refractivity contribution in [3.05, 3.63) is 53.3 Å². The maximum absolute atomic E-state index is 10.3. The molecule has 102 valence electrons. The van der Waals surface area contributed by atoms with Crippen molar-refractivity contribution >= 4 is 0 Å². The Balaban J connectivity index is 2.22. The summed E-state index contributed by atoms with van der Waals surface area (Å²) in [7, 11) is 0. The van der Waals surface area contributed by atoms with Crippen molar-refractivity contribution in [2.45, 2.75) is 45.8 Å². The first kappa shape index (κ1) is 13.8. The van der Waals surface area contributed by atoms with E-state index in [1.807, 2.05) is 29.9 Å². The van der Waals surface area contributed by atoms with Gasteiger partial charge < -0.3 is 5.11 Å². The number of aryl methyl sites for hydroxylation is 1. The Bertz CT molecular complexity index is 535. The fourth-order valence-corrected chi connectivity index (χ4v) is 2.05. The zero-order valence-corrected chi connectivity index (χ0v) is 12.1. The number of rotatable bonds is 3. The lowest BCUT2D eigenvalue weighted by Crippen LogP contribution is -2.11. The quantitative estimate of drug-likeness (QED) is 0.917. The van der Waals surface area contributed by atoms with Gasteiger partial charge in [-0.3, -0.25) is 4.68 Å². The number of hydrogen-bond donors (Lipinski definition) is 1. The summed E-state index contributed by atoms with van der Waals surface area (Å²) in [4.78, 5) is 0. The summed E-state index contributed by atoms with van der Waals surface area (Å²) < 4.78 is 1.82. The van der Waals surface area contributed by atoms with Crippen molar-refractivity contribution < 1.29 is 5.11 Å². The number of aliphatic hydroxyl groups excluding tert-OH is 1. The van der Waals surface area contributed by atoms with Gasteiger partial charge in [0.2, 0.25) is 0 Å². The van der Waals surface area contributed by atoms with Crippen LogP contribution in [0.4, 0.5) is 0 Å². The van der Waals surface area contributed by atoms with Crippen LogP contribution < -0.4 is 0 Å². The summed E-state index contributed by atoms with van der Waals surface area (Å²) in [6.45, 7) is 9.40. The molecule has 2 rings (SSSR count). The molecule has 0 spiro atoms. The average Bonchev–Trinajstić information content (AvgIpc) is 2.86. The minimum atomic E-state index is -0.602. The van der Waals surface area contributed by atoms with E-state index in [9.17, 15) is 5.11 Å². The van der Waals surface area contributed by atoms with Crippen LogP contribution in [0, 0.1) is 0 Å². The van der Waals surface area contributed by atoms with E-state index in [0.717, 1.165) is 17.7 Å². The molecule has 3 heteroatoms. The van der Waals surface area contributed by atoms with E-state index in [0.29, 0.717) is 0 Å². The van der Waals surface area contributed by atoms with Gasteiger partial charge in [-0.25, -0.2) is 0 Å². The van der Waals surface area contributed by atoms with Crippen LogP contribution in [0.25, 0.3) is 0 Å². The molecule has 0 aliphatic heterocycles. The van der Waals surface area contributed by atoms with Gasteiger partial charge in [-0.15, -0.1) is 0 Å². The van der Waals surface area contributed by atoms with Crippen LogP contribution in [-0.2, 0) is 12.0 Å². The third-order valence-corrected chi connectivity index (χ3v) is 3.39. The van der Waals surface area contributed by atoms with E-state index < -0.39 is 6.10 Å². The van der Waals surface area contributed by atoms with Gasteiger partial charge in [0, 0.05) is 18.3 Å². The second kappa shape index (κ2) is 5.17. The Labute approximate surface area is 114 Å². The predicted octanol–water partition coefficient (Wildman–Crippen LogP) is 3.28. The molecule has 0 bridgehead atoms. The summed E-state index contributed by atoms with van der Waals surface area (Å²) in [5, 5.41) is 14.5. The number of nitrogens with zero attached hydrogens (tertiary/aromatic N) is 2. The molecule has 19 heavy (non-hydrogen) atoms. The molecule has 1 aromatic heterocycles. The molecule has 3 nitrogen and oxygen atoms in total. The molecular weight excluding hydrogens is 236 g/mol. The third-order valence-electron chi connectivity index (χ3n) is 3.39. The maximum atomic E-state index is 10.3. The van der Waals surface area contributed by atoms with Gasteiger partial charge in [-0.1, -0.05) is 45.0 Å². The SMILES string of the molecule is CCn1cc(C(O)c2ccc(C(C)(C)C)cc2)cn1. The lowest BCUT2D eigenvalue weighted by atomic mass is 9.86. The molecule has 1 heterocycles. The van der Waals surface area contributed by atoms with E-state index in [2.05, 4.69) is 38.0 Å². The largest absolute Gasteiger partial charge is 0.384 e. The van der Waals surface area contributed by atoms with E-state index in [4.69, 9.17) is 0 Å². The van der Waals surface area contributed by atoms with Crippen molar-refractivity contribution in [3.63, 3.8) is 0 Å². The fraction of sp³-hybridized carbons (Fsp3) is 0.438. The first-order valence-corrected chi connectivity index (χ1v) is 6.72. The first-order valence-electron chi connectivity index (χ1n) is 6.72. The van der Waals surface area contributed by atoms with Crippen LogP contribution in [0.2, 0.25) is 0 Å². The van der Waals surface area contributed by atoms with Crippen molar-refractivity contribution in [2.75, 3.05) is 0 Å². The fourth-order valence-electron chi connectivity index (χ4n) is 2.05. The minimum absolute atomic E-state index is 0.135. The second-order valence-corrected chi connectivity index (χ2v) is 5.90. The summed E-state index contributed by atoms with van der Waals surface area (Å²) in [5.41, 5.74) is 3.15. The van der Waals surface area contributed by atoms with Gasteiger partial charge in [0.1, 0.15) is 6.10 Å². The zero-order chi connectivity index (χ0) is 14.0. The van der Waals surface area contributed by atoms with Crippen molar-refractivity contribution in [2.24, 2.45) is 0 Å². The monoisotopic (exact) mass is 258 g/mol. The number of hydrogen-bond acceptors (Lipinski definition) is 2. The van der Waals surface area contributed by atoms with Gasteiger partial charge in [0.15, 0.2) is 0 Å². The maximum Gasteiger partial charge on any atom is 0.107 e. The number of benzene rings is 1. The first-order chi connectivity index (χ1) is 8.91. The van der Waals surface area contributed by atoms with Crippen LogP contribution in [0.3, 0.4) is 0 Å². The molecule has 0 fully saturated rings. The Morgan fingerprint density at radius 3 is 2.26 bits per heavy atom. The topological polar surface area (TPSA) is 38.0 Å². The Morgan fingerprint density at radius 1 is 1.16 bits per heavy atom. The van der Waals surface area contributed by atoms with Crippen LogP contribution in [0.1, 0.15) is 50.5 Å². The van der Waals surface area contributed by atoms with E-state index in [-0.39, 0.29) is 5.41 Å². The molecule has 0 amide bonds. The smallest absolute Gasteiger partial charge is 0.107 e. The van der Waals surface area contributed by atoms with Crippen molar-refractivity contribution in [1.82, 2.24) is 9.78 Å². The zero-order valence-electron chi connectivity index (χ0n) is 12.1. The molecule has 0 saturated carbocycles. The molecule has 2 aromatic rings. The number of aromatic nitrogens is 2. The Kier molecular flexibility index (Phi) is 3.76. The van der Waals surface area contributed by atoms with Gasteiger partial charge in [0.05, 0.1) is 6.20 Å². The van der Waals surface area contributed by atoms with Gasteiger partial charge in [-0.2, -0.15) is 5.10 Å². The van der Waals surface area contributed by atoms with E-state index >= 15 is 0 Å². The highest BCUT2D eigenvalue weighted by Crippen LogP contribution is 2.26. The molecule has 0 saturated heterocycles. The third kappa shape index (κ3) is 3.04. The molecule has 1 N–H and O–H groups in total. The number of aliphatic hydroxyl groups is 1. The van der Waals surface area contributed by atoms with Crippen molar-refractivity contribution in [3.8, 4) is 0 Å². The Morgan fingerprint density at radius 2 is 1.79 bits per heavy atom. The molecule has 1 aromatic carbocycles. The molecule has 0 aliphatic rings. The van der Waals surface area contributed by atoms with Gasteiger partial charge in [-0.05, 0) is 23.5 Å².